The molecule has 1 aliphatic rings. The molecule has 17 heavy (non-hydrogen) atoms. The molecule has 2 heterocycles. The van der Waals surface area contributed by atoms with E-state index in [1.165, 1.54) is 12.7 Å². The van der Waals surface area contributed by atoms with Crippen LogP contribution >= 0.6 is 0 Å². The summed E-state index contributed by atoms with van der Waals surface area (Å²) in [5.74, 6) is 1.26. The van der Waals surface area contributed by atoms with Gasteiger partial charge in [-0.3, -0.25) is 0 Å². The third-order valence-electron chi connectivity index (χ3n) is 3.44. The highest BCUT2D eigenvalue weighted by Gasteiger charge is 2.29. The first-order valence-corrected chi connectivity index (χ1v) is 5.94. The van der Waals surface area contributed by atoms with Gasteiger partial charge >= 0.3 is 0 Å². The van der Waals surface area contributed by atoms with Gasteiger partial charge in [-0.2, -0.15) is 5.26 Å². The van der Waals surface area contributed by atoms with Crippen LogP contribution in [0.5, 0.6) is 0 Å². The van der Waals surface area contributed by atoms with Gasteiger partial charge in [-0.15, -0.1) is 0 Å². The summed E-state index contributed by atoms with van der Waals surface area (Å²) < 4.78 is 0. The number of nitrogens with zero attached hydrogens (tertiary/aromatic N) is 4. The van der Waals surface area contributed by atoms with E-state index in [1.54, 1.807) is 6.20 Å². The first-order valence-electron chi connectivity index (χ1n) is 5.94. The Balaban J connectivity index is 2.34. The van der Waals surface area contributed by atoms with Crippen molar-refractivity contribution in [3.8, 4) is 6.07 Å². The fourth-order valence-corrected chi connectivity index (χ4v) is 2.50. The predicted octanol–water partition coefficient (Wildman–Crippen LogP) is 0.912. The topological polar surface area (TPSA) is 78.8 Å². The summed E-state index contributed by atoms with van der Waals surface area (Å²) in [6.45, 7) is 3.71. The van der Waals surface area contributed by atoms with Crippen molar-refractivity contribution in [3.63, 3.8) is 0 Å². The molecule has 0 radical (unpaired) electrons. The van der Waals surface area contributed by atoms with E-state index in [0.29, 0.717) is 18.0 Å². The molecule has 2 rings (SSSR count). The Kier molecular flexibility index (Phi) is 3.55. The van der Waals surface area contributed by atoms with E-state index in [1.807, 2.05) is 0 Å². The molecule has 5 heteroatoms. The van der Waals surface area contributed by atoms with Gasteiger partial charge in [-0.1, -0.05) is 6.92 Å². The van der Waals surface area contributed by atoms with Crippen molar-refractivity contribution in [2.24, 2.45) is 11.7 Å². The lowest BCUT2D eigenvalue weighted by Gasteiger charge is -2.40. The molecule has 1 aromatic rings. The van der Waals surface area contributed by atoms with Crippen molar-refractivity contribution in [1.82, 2.24) is 9.97 Å². The van der Waals surface area contributed by atoms with Crippen LogP contribution in [0.3, 0.4) is 0 Å². The number of anilines is 1. The van der Waals surface area contributed by atoms with Crippen molar-refractivity contribution < 1.29 is 0 Å². The Morgan fingerprint density at radius 3 is 3.18 bits per heavy atom. The smallest absolute Gasteiger partial charge is 0.150 e. The van der Waals surface area contributed by atoms with Crippen molar-refractivity contribution in [3.05, 3.63) is 18.1 Å². The molecule has 90 valence electrons. The molecule has 5 nitrogen and oxygen atoms in total. The second-order valence-corrected chi connectivity index (χ2v) is 4.49. The largest absolute Gasteiger partial charge is 0.351 e. The molecule has 1 aliphatic heterocycles. The third kappa shape index (κ3) is 2.22. The van der Waals surface area contributed by atoms with E-state index in [2.05, 4.69) is 27.9 Å². The average molecular weight is 231 g/mol. The van der Waals surface area contributed by atoms with Crippen LogP contribution in [0.1, 0.15) is 25.3 Å². The van der Waals surface area contributed by atoms with Crippen molar-refractivity contribution in [2.45, 2.75) is 25.8 Å². The Morgan fingerprint density at radius 2 is 2.47 bits per heavy atom. The number of aromatic nitrogens is 2. The maximum Gasteiger partial charge on any atom is 0.150 e. The highest BCUT2D eigenvalue weighted by molar-refractivity contribution is 5.53. The van der Waals surface area contributed by atoms with Gasteiger partial charge in [0, 0.05) is 19.1 Å². The Labute approximate surface area is 101 Å². The normalized spacial score (nSPS) is 24.4. The number of nitrogens with two attached hydrogens (primary N) is 1. The highest BCUT2D eigenvalue weighted by atomic mass is 15.2. The number of rotatable bonds is 2. The molecule has 1 aromatic heterocycles. The SMILES string of the molecule is CC1CCCN(c2ncncc2C#N)C1CN. The van der Waals surface area contributed by atoms with Crippen LogP contribution in [0, 0.1) is 17.2 Å². The fourth-order valence-electron chi connectivity index (χ4n) is 2.50. The van der Waals surface area contributed by atoms with Gasteiger partial charge < -0.3 is 10.6 Å². The summed E-state index contributed by atoms with van der Waals surface area (Å²) in [6, 6.07) is 2.41. The van der Waals surface area contributed by atoms with Gasteiger partial charge in [0.1, 0.15) is 23.8 Å². The Hall–Kier alpha value is -1.67. The van der Waals surface area contributed by atoms with Crippen LogP contribution < -0.4 is 10.6 Å². The summed E-state index contributed by atoms with van der Waals surface area (Å²) in [7, 11) is 0. The van der Waals surface area contributed by atoms with Crippen molar-refractivity contribution in [1.29, 1.82) is 5.26 Å². The molecule has 0 aliphatic carbocycles. The van der Waals surface area contributed by atoms with Crippen molar-refractivity contribution >= 4 is 5.82 Å². The number of hydrogen-bond donors (Lipinski definition) is 1. The third-order valence-corrected chi connectivity index (χ3v) is 3.44. The monoisotopic (exact) mass is 231 g/mol. The van der Waals surface area contributed by atoms with Crippen LogP contribution in [0.4, 0.5) is 5.82 Å². The quantitative estimate of drug-likeness (QED) is 0.818. The second kappa shape index (κ2) is 5.11. The lowest BCUT2D eigenvalue weighted by Crippen LogP contribution is -2.49. The van der Waals surface area contributed by atoms with Crippen LogP contribution in [-0.2, 0) is 0 Å². The summed E-state index contributed by atoms with van der Waals surface area (Å²) in [6.07, 6.45) is 5.36. The molecular formula is C12H17N5. The molecule has 2 atom stereocenters. The number of piperidine rings is 1. The molecule has 1 saturated heterocycles. The zero-order chi connectivity index (χ0) is 12.3. The molecule has 2 N–H and O–H groups in total. The van der Waals surface area contributed by atoms with Crippen LogP contribution in [0.15, 0.2) is 12.5 Å². The van der Waals surface area contributed by atoms with E-state index in [9.17, 15) is 0 Å². The standard InChI is InChI=1S/C12H17N5/c1-9-3-2-4-17(11(9)6-14)12-10(5-13)7-15-8-16-12/h7-9,11H,2-4,6,14H2,1H3. The van der Waals surface area contributed by atoms with Crippen LogP contribution in [0.25, 0.3) is 0 Å². The molecule has 0 saturated carbocycles. The first-order chi connectivity index (χ1) is 8.27. The minimum atomic E-state index is 0.269. The molecule has 1 fully saturated rings. The maximum absolute atomic E-state index is 9.09. The second-order valence-electron chi connectivity index (χ2n) is 4.49. The lowest BCUT2D eigenvalue weighted by atomic mass is 9.90. The molecule has 2 unspecified atom stereocenters. The lowest BCUT2D eigenvalue weighted by molar-refractivity contribution is 0.347. The van der Waals surface area contributed by atoms with Gasteiger partial charge in [0.2, 0.25) is 0 Å². The summed E-state index contributed by atoms with van der Waals surface area (Å²) >= 11 is 0. The summed E-state index contributed by atoms with van der Waals surface area (Å²) in [4.78, 5) is 10.3. The zero-order valence-electron chi connectivity index (χ0n) is 10.0. The Bertz CT molecular complexity index is 425. The van der Waals surface area contributed by atoms with Gasteiger partial charge in [0.25, 0.3) is 0 Å². The average Bonchev–Trinajstić information content (AvgIpc) is 2.38. The van der Waals surface area contributed by atoms with E-state index >= 15 is 0 Å². The Morgan fingerprint density at radius 1 is 1.65 bits per heavy atom. The van der Waals surface area contributed by atoms with Gasteiger partial charge in [0.15, 0.2) is 0 Å². The number of hydrogen-bond acceptors (Lipinski definition) is 5. The molecule has 0 bridgehead atoms. The molecule has 0 spiro atoms. The van der Waals surface area contributed by atoms with E-state index < -0.39 is 0 Å². The van der Waals surface area contributed by atoms with E-state index in [4.69, 9.17) is 11.0 Å². The summed E-state index contributed by atoms with van der Waals surface area (Å²) in [5.41, 5.74) is 6.37. The predicted molar refractivity (Wildman–Crippen MR) is 65.3 cm³/mol. The van der Waals surface area contributed by atoms with Gasteiger partial charge in [0.05, 0.1) is 6.20 Å². The molecule has 0 amide bonds. The van der Waals surface area contributed by atoms with Crippen LogP contribution in [0.2, 0.25) is 0 Å². The summed E-state index contributed by atoms with van der Waals surface area (Å²) in [5, 5.41) is 9.09. The van der Waals surface area contributed by atoms with Crippen molar-refractivity contribution in [2.75, 3.05) is 18.0 Å². The van der Waals surface area contributed by atoms with Gasteiger partial charge in [-0.25, -0.2) is 9.97 Å². The number of nitriles is 1. The van der Waals surface area contributed by atoms with E-state index in [-0.39, 0.29) is 6.04 Å². The maximum atomic E-state index is 9.09. The van der Waals surface area contributed by atoms with Crippen LogP contribution in [-0.4, -0.2) is 29.1 Å². The fraction of sp³-hybridized carbons (Fsp3) is 0.583. The first kappa shape index (κ1) is 11.8. The minimum Gasteiger partial charge on any atom is -0.351 e. The molecule has 0 aromatic carbocycles. The zero-order valence-corrected chi connectivity index (χ0v) is 10.0. The van der Waals surface area contributed by atoms with Gasteiger partial charge in [-0.05, 0) is 18.8 Å². The molecular weight excluding hydrogens is 214 g/mol. The minimum absolute atomic E-state index is 0.269. The van der Waals surface area contributed by atoms with E-state index in [0.717, 1.165) is 18.8 Å². The highest BCUT2D eigenvalue weighted by Crippen LogP contribution is 2.28.